The second-order valence-electron chi connectivity index (χ2n) is 5.07. The van der Waals surface area contributed by atoms with Crippen LogP contribution in [0.1, 0.15) is 24.1 Å². The number of hydrogen-bond donors (Lipinski definition) is 1. The van der Waals surface area contributed by atoms with Gasteiger partial charge in [0.15, 0.2) is 0 Å². The van der Waals surface area contributed by atoms with Crippen molar-refractivity contribution in [2.45, 2.75) is 19.5 Å². The van der Waals surface area contributed by atoms with Crippen LogP contribution in [0.15, 0.2) is 30.3 Å². The van der Waals surface area contributed by atoms with Crippen LogP contribution in [-0.4, -0.2) is 14.2 Å². The molecule has 0 bridgehead atoms. The first-order valence-electron chi connectivity index (χ1n) is 7.05. The fourth-order valence-electron chi connectivity index (χ4n) is 2.24. The Kier molecular flexibility index (Phi) is 6.10. The Hall–Kier alpha value is -1.49. The summed E-state index contributed by atoms with van der Waals surface area (Å²) in [4.78, 5) is 0. The minimum atomic E-state index is -0.484. The number of nitrogens with one attached hydrogen (secondary N) is 1. The van der Waals surface area contributed by atoms with Crippen molar-refractivity contribution in [2.75, 3.05) is 14.2 Å². The summed E-state index contributed by atoms with van der Waals surface area (Å²) in [5, 5.41) is 3.75. The van der Waals surface area contributed by atoms with Crippen LogP contribution >= 0.6 is 23.2 Å². The van der Waals surface area contributed by atoms with Gasteiger partial charge in [-0.05, 0) is 30.7 Å². The topological polar surface area (TPSA) is 30.5 Å². The van der Waals surface area contributed by atoms with Gasteiger partial charge in [0.1, 0.15) is 17.3 Å². The van der Waals surface area contributed by atoms with Crippen LogP contribution in [0, 0.1) is 5.82 Å². The maximum atomic E-state index is 13.6. The minimum absolute atomic E-state index is 0.0165. The van der Waals surface area contributed by atoms with Crippen LogP contribution in [0.3, 0.4) is 0 Å². The molecule has 0 heterocycles. The molecule has 0 radical (unpaired) electrons. The van der Waals surface area contributed by atoms with Crippen molar-refractivity contribution >= 4 is 23.2 Å². The molecule has 0 fully saturated rings. The van der Waals surface area contributed by atoms with Crippen LogP contribution in [0.25, 0.3) is 0 Å². The van der Waals surface area contributed by atoms with E-state index in [4.69, 9.17) is 32.7 Å². The van der Waals surface area contributed by atoms with Gasteiger partial charge in [0.25, 0.3) is 0 Å². The molecule has 2 aromatic carbocycles. The zero-order valence-electron chi connectivity index (χ0n) is 13.1. The molecule has 23 heavy (non-hydrogen) atoms. The van der Waals surface area contributed by atoms with E-state index in [1.807, 2.05) is 25.1 Å². The molecular weight excluding hydrogens is 340 g/mol. The van der Waals surface area contributed by atoms with Gasteiger partial charge in [0.2, 0.25) is 0 Å². The number of ether oxygens (including phenoxy) is 2. The van der Waals surface area contributed by atoms with E-state index in [0.29, 0.717) is 17.1 Å². The lowest BCUT2D eigenvalue weighted by Crippen LogP contribution is -2.19. The van der Waals surface area contributed by atoms with Gasteiger partial charge in [-0.15, -0.1) is 0 Å². The normalized spacial score (nSPS) is 12.1. The second kappa shape index (κ2) is 7.86. The molecule has 6 heteroatoms. The van der Waals surface area contributed by atoms with E-state index in [1.165, 1.54) is 12.1 Å². The number of rotatable bonds is 6. The van der Waals surface area contributed by atoms with Crippen LogP contribution in [0.2, 0.25) is 10.0 Å². The van der Waals surface area contributed by atoms with Gasteiger partial charge in [-0.1, -0.05) is 29.3 Å². The quantitative estimate of drug-likeness (QED) is 0.737. The summed E-state index contributed by atoms with van der Waals surface area (Å²) in [6, 6.07) is 8.21. The van der Waals surface area contributed by atoms with Gasteiger partial charge in [-0.25, -0.2) is 4.39 Å². The van der Waals surface area contributed by atoms with Crippen LogP contribution in [-0.2, 0) is 6.54 Å². The molecular formula is C17H18Cl2FNO2. The number of halogens is 3. The van der Waals surface area contributed by atoms with Gasteiger partial charge in [-0.3, -0.25) is 0 Å². The lowest BCUT2D eigenvalue weighted by molar-refractivity contribution is 0.389. The molecule has 0 saturated heterocycles. The third kappa shape index (κ3) is 4.28. The summed E-state index contributed by atoms with van der Waals surface area (Å²) in [6.45, 7) is 2.44. The highest BCUT2D eigenvalue weighted by Crippen LogP contribution is 2.30. The third-order valence-electron chi connectivity index (χ3n) is 3.60. The Morgan fingerprint density at radius 2 is 1.83 bits per heavy atom. The fraction of sp³-hybridized carbons (Fsp3) is 0.294. The molecule has 0 amide bonds. The molecule has 0 aliphatic carbocycles. The number of hydrogen-bond acceptors (Lipinski definition) is 3. The summed E-state index contributed by atoms with van der Waals surface area (Å²) in [7, 11) is 3.21. The van der Waals surface area contributed by atoms with E-state index in [-0.39, 0.29) is 11.1 Å². The van der Waals surface area contributed by atoms with Crippen LogP contribution < -0.4 is 14.8 Å². The molecule has 0 saturated carbocycles. The van der Waals surface area contributed by atoms with Crippen molar-refractivity contribution in [3.05, 3.63) is 57.3 Å². The van der Waals surface area contributed by atoms with Gasteiger partial charge in [-0.2, -0.15) is 0 Å². The Bertz CT molecular complexity index is 695. The summed E-state index contributed by atoms with van der Waals surface area (Å²) < 4.78 is 24.2. The first-order valence-corrected chi connectivity index (χ1v) is 7.80. The molecule has 124 valence electrons. The minimum Gasteiger partial charge on any atom is -0.497 e. The van der Waals surface area contributed by atoms with Crippen molar-refractivity contribution in [1.82, 2.24) is 5.32 Å². The number of methoxy groups -OCH3 is 2. The van der Waals surface area contributed by atoms with Crippen LogP contribution in [0.5, 0.6) is 11.5 Å². The standard InChI is InChI=1S/C17H18Cl2FNO2/c1-10(13-7-16(20)15(19)8-14(13)18)21-9-11-4-5-12(22-2)6-17(11)23-3/h4-8,10,21H,9H2,1-3H3. The van der Waals surface area contributed by atoms with E-state index in [1.54, 1.807) is 14.2 Å². The van der Waals surface area contributed by atoms with Gasteiger partial charge in [0.05, 0.1) is 19.2 Å². The average molecular weight is 358 g/mol. The van der Waals surface area contributed by atoms with Gasteiger partial charge in [0, 0.05) is 29.2 Å². The molecule has 1 unspecified atom stereocenters. The highest BCUT2D eigenvalue weighted by molar-refractivity contribution is 6.35. The lowest BCUT2D eigenvalue weighted by atomic mass is 10.1. The smallest absolute Gasteiger partial charge is 0.142 e. The Morgan fingerprint density at radius 1 is 1.09 bits per heavy atom. The predicted molar refractivity (Wildman–Crippen MR) is 91.2 cm³/mol. The van der Waals surface area contributed by atoms with Crippen molar-refractivity contribution < 1.29 is 13.9 Å². The maximum Gasteiger partial charge on any atom is 0.142 e. The van der Waals surface area contributed by atoms with E-state index in [9.17, 15) is 4.39 Å². The summed E-state index contributed by atoms with van der Waals surface area (Å²) in [6.07, 6.45) is 0. The molecule has 2 aromatic rings. The lowest BCUT2D eigenvalue weighted by Gasteiger charge is -2.18. The second-order valence-corrected chi connectivity index (χ2v) is 5.88. The monoisotopic (exact) mass is 357 g/mol. The summed E-state index contributed by atoms with van der Waals surface area (Å²) in [5.41, 5.74) is 1.62. The summed E-state index contributed by atoms with van der Waals surface area (Å²) >= 11 is 11.9. The SMILES string of the molecule is COc1ccc(CNC(C)c2cc(F)c(Cl)cc2Cl)c(OC)c1. The van der Waals surface area contributed by atoms with Crippen LogP contribution in [0.4, 0.5) is 4.39 Å². The molecule has 0 aliphatic rings. The molecule has 3 nitrogen and oxygen atoms in total. The van der Waals surface area contributed by atoms with Crippen molar-refractivity contribution in [3.8, 4) is 11.5 Å². The third-order valence-corrected chi connectivity index (χ3v) is 4.22. The van der Waals surface area contributed by atoms with Crippen molar-refractivity contribution in [3.63, 3.8) is 0 Å². The van der Waals surface area contributed by atoms with Gasteiger partial charge >= 0.3 is 0 Å². The molecule has 2 rings (SSSR count). The molecule has 1 atom stereocenters. The average Bonchev–Trinajstić information content (AvgIpc) is 2.55. The summed E-state index contributed by atoms with van der Waals surface area (Å²) in [5.74, 6) is 0.959. The largest absolute Gasteiger partial charge is 0.497 e. The first-order chi connectivity index (χ1) is 11.0. The van der Waals surface area contributed by atoms with E-state index in [2.05, 4.69) is 5.32 Å². The Balaban J connectivity index is 2.13. The molecule has 0 spiro atoms. The Morgan fingerprint density at radius 3 is 2.48 bits per heavy atom. The number of benzene rings is 2. The highest BCUT2D eigenvalue weighted by atomic mass is 35.5. The molecule has 0 aliphatic heterocycles. The Labute approximate surface area is 145 Å². The van der Waals surface area contributed by atoms with E-state index in [0.717, 1.165) is 17.1 Å². The molecule has 1 N–H and O–H groups in total. The highest BCUT2D eigenvalue weighted by Gasteiger charge is 2.14. The van der Waals surface area contributed by atoms with Crippen molar-refractivity contribution in [2.24, 2.45) is 0 Å². The fourth-order valence-corrected chi connectivity index (χ4v) is 2.79. The van der Waals surface area contributed by atoms with Crippen molar-refractivity contribution in [1.29, 1.82) is 0 Å². The maximum absolute atomic E-state index is 13.6. The predicted octanol–water partition coefficient (Wildman–Crippen LogP) is 5.00. The first kappa shape index (κ1) is 17.9. The zero-order valence-corrected chi connectivity index (χ0v) is 14.6. The molecule has 0 aromatic heterocycles. The zero-order chi connectivity index (χ0) is 17.0. The van der Waals surface area contributed by atoms with E-state index >= 15 is 0 Å². The van der Waals surface area contributed by atoms with E-state index < -0.39 is 5.82 Å². The van der Waals surface area contributed by atoms with Gasteiger partial charge < -0.3 is 14.8 Å².